The second-order valence-corrected chi connectivity index (χ2v) is 8.62. The summed E-state index contributed by atoms with van der Waals surface area (Å²) in [5, 5.41) is 8.24. The van der Waals surface area contributed by atoms with Gasteiger partial charge < -0.3 is 10.1 Å². The summed E-state index contributed by atoms with van der Waals surface area (Å²) in [6.07, 6.45) is 2.25. The fraction of sp³-hybridized carbons (Fsp3) is 0.217. The lowest BCUT2D eigenvalue weighted by atomic mass is 10.1. The Morgan fingerprint density at radius 2 is 2.03 bits per heavy atom. The summed E-state index contributed by atoms with van der Waals surface area (Å²) in [6, 6.07) is 16.0. The van der Waals surface area contributed by atoms with Crippen molar-refractivity contribution in [2.75, 3.05) is 5.32 Å². The van der Waals surface area contributed by atoms with Crippen molar-refractivity contribution in [3.05, 3.63) is 86.8 Å². The van der Waals surface area contributed by atoms with Crippen molar-refractivity contribution in [2.45, 2.75) is 32.3 Å². The van der Waals surface area contributed by atoms with E-state index in [4.69, 9.17) is 4.74 Å². The van der Waals surface area contributed by atoms with E-state index in [-0.39, 0.29) is 18.1 Å². The third-order valence-corrected chi connectivity index (χ3v) is 6.07. The van der Waals surface area contributed by atoms with E-state index < -0.39 is 0 Å². The van der Waals surface area contributed by atoms with Crippen molar-refractivity contribution in [3.63, 3.8) is 0 Å². The normalized spacial score (nSPS) is 13.3. The molecule has 0 aliphatic heterocycles. The molecule has 2 aromatic heterocycles. The third-order valence-electron chi connectivity index (χ3n) is 5.00. The zero-order chi connectivity index (χ0) is 21.4. The van der Waals surface area contributed by atoms with Crippen LogP contribution in [0.15, 0.2) is 59.4 Å². The molecule has 1 fully saturated rings. The quantitative estimate of drug-likeness (QED) is 0.494. The third kappa shape index (κ3) is 4.34. The molecule has 0 radical (unpaired) electrons. The number of ether oxygens (including phenoxy) is 1. The highest BCUT2D eigenvalue weighted by atomic mass is 32.1. The Bertz CT molecular complexity index is 1340. The molecular formula is C23H20N4O3S. The molecule has 0 bridgehead atoms. The van der Waals surface area contributed by atoms with Crippen LogP contribution in [0.25, 0.3) is 4.96 Å². The molecule has 4 aromatic rings. The Labute approximate surface area is 182 Å². The SMILES string of the molecule is Cc1cccc(C(=O)Nc2cccc(OCc3cc(=O)n4nc(C5CC5)sc4n3)c2)c1. The second-order valence-electron chi connectivity index (χ2n) is 7.63. The molecule has 2 aromatic carbocycles. The maximum absolute atomic E-state index is 12.5. The number of carbonyl (C=O) groups is 1. The van der Waals surface area contributed by atoms with Crippen LogP contribution >= 0.6 is 11.3 Å². The van der Waals surface area contributed by atoms with E-state index in [2.05, 4.69) is 15.4 Å². The molecule has 7 nitrogen and oxygen atoms in total. The zero-order valence-electron chi connectivity index (χ0n) is 16.9. The Balaban J connectivity index is 1.28. The largest absolute Gasteiger partial charge is 0.487 e. The van der Waals surface area contributed by atoms with Gasteiger partial charge in [-0.15, -0.1) is 0 Å². The average Bonchev–Trinajstić information content (AvgIpc) is 3.52. The van der Waals surface area contributed by atoms with Gasteiger partial charge >= 0.3 is 0 Å². The molecule has 1 amide bonds. The van der Waals surface area contributed by atoms with Crippen molar-refractivity contribution >= 4 is 27.9 Å². The number of nitrogens with zero attached hydrogens (tertiary/aromatic N) is 3. The Morgan fingerprint density at radius 3 is 2.84 bits per heavy atom. The van der Waals surface area contributed by atoms with Gasteiger partial charge in [0.25, 0.3) is 11.5 Å². The van der Waals surface area contributed by atoms with Crippen LogP contribution in [0.4, 0.5) is 5.69 Å². The van der Waals surface area contributed by atoms with Crippen molar-refractivity contribution in [2.24, 2.45) is 0 Å². The van der Waals surface area contributed by atoms with E-state index in [9.17, 15) is 9.59 Å². The summed E-state index contributed by atoms with van der Waals surface area (Å²) in [7, 11) is 0. The van der Waals surface area contributed by atoms with E-state index in [1.807, 2.05) is 25.1 Å². The first-order chi connectivity index (χ1) is 15.0. The molecule has 2 heterocycles. The van der Waals surface area contributed by atoms with Crippen LogP contribution in [-0.4, -0.2) is 20.5 Å². The van der Waals surface area contributed by atoms with Gasteiger partial charge in [-0.3, -0.25) is 9.59 Å². The van der Waals surface area contributed by atoms with E-state index in [0.29, 0.717) is 33.6 Å². The van der Waals surface area contributed by atoms with E-state index in [0.717, 1.165) is 23.4 Å². The molecule has 1 saturated carbocycles. The smallest absolute Gasteiger partial charge is 0.275 e. The lowest BCUT2D eigenvalue weighted by Crippen LogP contribution is -2.16. The highest BCUT2D eigenvalue weighted by Gasteiger charge is 2.28. The van der Waals surface area contributed by atoms with Gasteiger partial charge in [0, 0.05) is 29.3 Å². The van der Waals surface area contributed by atoms with Gasteiger partial charge in [-0.05, 0) is 44.0 Å². The predicted octanol–water partition coefficient (Wildman–Crippen LogP) is 4.17. The highest BCUT2D eigenvalue weighted by Crippen LogP contribution is 2.41. The van der Waals surface area contributed by atoms with Gasteiger partial charge in [0.05, 0.1) is 5.69 Å². The summed E-state index contributed by atoms with van der Waals surface area (Å²) in [6.45, 7) is 2.10. The topological polar surface area (TPSA) is 85.6 Å². The Morgan fingerprint density at radius 1 is 1.19 bits per heavy atom. The predicted molar refractivity (Wildman–Crippen MR) is 119 cm³/mol. The number of rotatable bonds is 6. The fourth-order valence-electron chi connectivity index (χ4n) is 3.25. The van der Waals surface area contributed by atoms with Crippen molar-refractivity contribution in [3.8, 4) is 5.75 Å². The number of anilines is 1. The monoisotopic (exact) mass is 432 g/mol. The molecule has 0 atom stereocenters. The van der Waals surface area contributed by atoms with E-state index in [1.54, 1.807) is 30.3 Å². The first-order valence-electron chi connectivity index (χ1n) is 10.1. The van der Waals surface area contributed by atoms with Gasteiger partial charge in [0.15, 0.2) is 0 Å². The molecule has 5 rings (SSSR count). The molecule has 1 aliphatic carbocycles. The minimum Gasteiger partial charge on any atom is -0.487 e. The van der Waals surface area contributed by atoms with Crippen LogP contribution in [0.3, 0.4) is 0 Å². The maximum atomic E-state index is 12.5. The first-order valence-corrected chi connectivity index (χ1v) is 10.9. The van der Waals surface area contributed by atoms with Gasteiger partial charge in [0.2, 0.25) is 4.96 Å². The summed E-state index contributed by atoms with van der Waals surface area (Å²) < 4.78 is 7.20. The van der Waals surface area contributed by atoms with Crippen molar-refractivity contribution < 1.29 is 9.53 Å². The number of nitrogens with one attached hydrogen (secondary N) is 1. The highest BCUT2D eigenvalue weighted by molar-refractivity contribution is 7.16. The number of hydrogen-bond donors (Lipinski definition) is 1. The lowest BCUT2D eigenvalue weighted by molar-refractivity contribution is 0.102. The standard InChI is InChI=1S/C23H20N4O3S/c1-14-4-2-5-16(10-14)21(29)24-17-6-3-7-19(11-17)30-13-18-12-20(28)27-23(25-18)31-22(26-27)15-8-9-15/h2-7,10-12,15H,8-9,13H2,1H3,(H,24,29). The average molecular weight is 433 g/mol. The number of benzene rings is 2. The van der Waals surface area contributed by atoms with Gasteiger partial charge in [-0.25, -0.2) is 4.98 Å². The van der Waals surface area contributed by atoms with Crippen molar-refractivity contribution in [1.29, 1.82) is 0 Å². The summed E-state index contributed by atoms with van der Waals surface area (Å²) >= 11 is 1.46. The molecule has 156 valence electrons. The van der Waals surface area contributed by atoms with Crippen LogP contribution in [0.5, 0.6) is 5.75 Å². The summed E-state index contributed by atoms with van der Waals surface area (Å²) in [5.74, 6) is 0.869. The van der Waals surface area contributed by atoms with Crippen LogP contribution in [0.1, 0.15) is 45.4 Å². The molecule has 1 N–H and O–H groups in total. The number of fused-ring (bicyclic) bond motifs is 1. The zero-order valence-corrected chi connectivity index (χ0v) is 17.7. The Hall–Kier alpha value is -3.52. The van der Waals surface area contributed by atoms with Gasteiger partial charge in [0.1, 0.15) is 17.4 Å². The van der Waals surface area contributed by atoms with Gasteiger partial charge in [-0.2, -0.15) is 9.61 Å². The fourth-order valence-corrected chi connectivity index (χ4v) is 4.34. The van der Waals surface area contributed by atoms with E-state index in [1.165, 1.54) is 21.9 Å². The lowest BCUT2D eigenvalue weighted by Gasteiger charge is -2.09. The summed E-state index contributed by atoms with van der Waals surface area (Å²) in [5.41, 5.74) is 2.59. The van der Waals surface area contributed by atoms with Gasteiger partial charge in [-0.1, -0.05) is 35.1 Å². The second kappa shape index (κ2) is 7.96. The number of hydrogen-bond acceptors (Lipinski definition) is 6. The number of amides is 1. The Kier molecular flexibility index (Phi) is 4.99. The molecule has 1 aliphatic rings. The summed E-state index contributed by atoms with van der Waals surface area (Å²) in [4.78, 5) is 29.9. The minimum atomic E-state index is -0.203. The molecule has 0 unspecified atom stereocenters. The van der Waals surface area contributed by atoms with Crippen LogP contribution < -0.4 is 15.6 Å². The minimum absolute atomic E-state index is 0.150. The molecule has 31 heavy (non-hydrogen) atoms. The number of aromatic nitrogens is 3. The molecule has 0 saturated heterocycles. The van der Waals surface area contributed by atoms with Crippen LogP contribution in [-0.2, 0) is 6.61 Å². The molecule has 8 heteroatoms. The first kappa shape index (κ1) is 19.4. The van der Waals surface area contributed by atoms with E-state index >= 15 is 0 Å². The number of carbonyl (C=O) groups excluding carboxylic acids is 1. The van der Waals surface area contributed by atoms with Crippen LogP contribution in [0.2, 0.25) is 0 Å². The molecule has 0 spiro atoms. The maximum Gasteiger partial charge on any atom is 0.275 e. The van der Waals surface area contributed by atoms with Crippen molar-refractivity contribution in [1.82, 2.24) is 14.6 Å². The molecular weight excluding hydrogens is 412 g/mol. The van der Waals surface area contributed by atoms with Crippen LogP contribution in [0, 0.1) is 6.92 Å². The number of aryl methyl sites for hydroxylation is 1.